The predicted molar refractivity (Wildman–Crippen MR) is 80.0 cm³/mol. The summed E-state index contributed by atoms with van der Waals surface area (Å²) >= 11 is 5.74. The summed E-state index contributed by atoms with van der Waals surface area (Å²) in [6.45, 7) is 4.15. The lowest BCUT2D eigenvalue weighted by Crippen LogP contribution is -2.38. The Morgan fingerprint density at radius 2 is 2.14 bits per heavy atom. The van der Waals surface area contributed by atoms with E-state index in [9.17, 15) is 13.2 Å². The zero-order valence-electron chi connectivity index (χ0n) is 12.0. The third-order valence-corrected chi connectivity index (χ3v) is 3.96. The predicted octanol–water partition coefficient (Wildman–Crippen LogP) is 4.33. The SMILES string of the molecule is CCCC1CN(c2ccc(Cl)cc2C(F)(F)F)CCCN1. The molecule has 2 nitrogen and oxygen atoms in total. The summed E-state index contributed by atoms with van der Waals surface area (Å²) in [5, 5.41) is 3.52. The van der Waals surface area contributed by atoms with Gasteiger partial charge < -0.3 is 10.2 Å². The zero-order valence-corrected chi connectivity index (χ0v) is 12.8. The average molecular weight is 321 g/mol. The van der Waals surface area contributed by atoms with E-state index in [2.05, 4.69) is 12.2 Å². The maximum Gasteiger partial charge on any atom is 0.418 e. The summed E-state index contributed by atoms with van der Waals surface area (Å²) in [6, 6.07) is 4.26. The Kier molecular flexibility index (Phi) is 5.38. The van der Waals surface area contributed by atoms with Gasteiger partial charge in [-0.05, 0) is 37.6 Å². The molecule has 118 valence electrons. The number of nitrogens with one attached hydrogen (secondary N) is 1. The Balaban J connectivity index is 2.31. The van der Waals surface area contributed by atoms with Crippen molar-refractivity contribution < 1.29 is 13.2 Å². The fraction of sp³-hybridized carbons (Fsp3) is 0.600. The fourth-order valence-corrected chi connectivity index (χ4v) is 2.94. The number of hydrogen-bond acceptors (Lipinski definition) is 2. The molecule has 0 aliphatic carbocycles. The van der Waals surface area contributed by atoms with Crippen molar-refractivity contribution in [1.82, 2.24) is 5.32 Å². The summed E-state index contributed by atoms with van der Waals surface area (Å²) in [7, 11) is 0. The van der Waals surface area contributed by atoms with Gasteiger partial charge in [0.15, 0.2) is 0 Å². The molecule has 1 aromatic carbocycles. The molecule has 1 unspecified atom stereocenters. The Hall–Kier alpha value is -0.940. The van der Waals surface area contributed by atoms with Crippen LogP contribution in [0.5, 0.6) is 0 Å². The van der Waals surface area contributed by atoms with Crippen LogP contribution in [-0.4, -0.2) is 25.7 Å². The number of hydrogen-bond donors (Lipinski definition) is 1. The maximum atomic E-state index is 13.2. The minimum atomic E-state index is -4.39. The van der Waals surface area contributed by atoms with E-state index >= 15 is 0 Å². The van der Waals surface area contributed by atoms with E-state index in [1.54, 1.807) is 0 Å². The van der Waals surface area contributed by atoms with Crippen LogP contribution in [0.15, 0.2) is 18.2 Å². The Morgan fingerprint density at radius 3 is 2.81 bits per heavy atom. The van der Waals surface area contributed by atoms with Gasteiger partial charge in [0.05, 0.1) is 5.56 Å². The van der Waals surface area contributed by atoms with Crippen LogP contribution in [0.4, 0.5) is 18.9 Å². The largest absolute Gasteiger partial charge is 0.418 e. The van der Waals surface area contributed by atoms with Crippen LogP contribution in [0.1, 0.15) is 31.7 Å². The number of anilines is 1. The van der Waals surface area contributed by atoms with E-state index in [1.807, 2.05) is 4.90 Å². The molecule has 0 saturated carbocycles. The Morgan fingerprint density at radius 1 is 1.38 bits per heavy atom. The molecule has 1 aliphatic rings. The maximum absolute atomic E-state index is 13.2. The van der Waals surface area contributed by atoms with Gasteiger partial charge in [-0.15, -0.1) is 0 Å². The lowest BCUT2D eigenvalue weighted by Gasteiger charge is -2.29. The summed E-state index contributed by atoms with van der Waals surface area (Å²) in [5.74, 6) is 0. The topological polar surface area (TPSA) is 15.3 Å². The molecule has 6 heteroatoms. The van der Waals surface area contributed by atoms with Crippen molar-refractivity contribution >= 4 is 17.3 Å². The van der Waals surface area contributed by atoms with E-state index in [-0.39, 0.29) is 16.8 Å². The Labute approximate surface area is 128 Å². The normalized spacial score (nSPS) is 20.4. The molecular formula is C15H20ClF3N2. The first-order valence-electron chi connectivity index (χ1n) is 7.27. The first-order valence-corrected chi connectivity index (χ1v) is 7.64. The molecule has 1 aromatic rings. The van der Waals surface area contributed by atoms with Gasteiger partial charge in [-0.3, -0.25) is 0 Å². The van der Waals surface area contributed by atoms with Gasteiger partial charge in [0, 0.05) is 29.8 Å². The molecule has 1 saturated heterocycles. The third kappa shape index (κ3) is 4.27. The number of nitrogens with zero attached hydrogens (tertiary/aromatic N) is 1. The van der Waals surface area contributed by atoms with Crippen LogP contribution in [0.3, 0.4) is 0 Å². The van der Waals surface area contributed by atoms with Crippen LogP contribution < -0.4 is 10.2 Å². The third-order valence-electron chi connectivity index (χ3n) is 3.72. The van der Waals surface area contributed by atoms with E-state index in [4.69, 9.17) is 11.6 Å². The number of alkyl halides is 3. The molecule has 21 heavy (non-hydrogen) atoms. The van der Waals surface area contributed by atoms with E-state index in [0.717, 1.165) is 31.9 Å². The minimum absolute atomic E-state index is 0.115. The second-order valence-electron chi connectivity index (χ2n) is 5.40. The molecule has 2 rings (SSSR count). The molecule has 1 N–H and O–H groups in total. The highest BCUT2D eigenvalue weighted by Gasteiger charge is 2.35. The lowest BCUT2D eigenvalue weighted by molar-refractivity contribution is -0.137. The minimum Gasteiger partial charge on any atom is -0.369 e. The van der Waals surface area contributed by atoms with E-state index in [0.29, 0.717) is 13.1 Å². The molecule has 0 bridgehead atoms. The monoisotopic (exact) mass is 320 g/mol. The summed E-state index contributed by atoms with van der Waals surface area (Å²) in [6.07, 6.45) is -1.58. The highest BCUT2D eigenvalue weighted by atomic mass is 35.5. The van der Waals surface area contributed by atoms with Gasteiger partial charge in [-0.25, -0.2) is 0 Å². The molecule has 1 aliphatic heterocycles. The van der Waals surface area contributed by atoms with Crippen LogP contribution >= 0.6 is 11.6 Å². The zero-order chi connectivity index (χ0) is 15.5. The van der Waals surface area contributed by atoms with Crippen molar-refractivity contribution in [3.8, 4) is 0 Å². The first-order chi connectivity index (χ1) is 9.91. The van der Waals surface area contributed by atoms with Crippen molar-refractivity contribution in [2.45, 2.75) is 38.4 Å². The molecule has 0 spiro atoms. The van der Waals surface area contributed by atoms with E-state index < -0.39 is 11.7 Å². The summed E-state index contributed by atoms with van der Waals surface area (Å²) in [4.78, 5) is 1.83. The Bertz CT molecular complexity index is 476. The van der Waals surface area contributed by atoms with Crippen molar-refractivity contribution in [2.75, 3.05) is 24.5 Å². The van der Waals surface area contributed by atoms with Crippen molar-refractivity contribution in [2.24, 2.45) is 0 Å². The second kappa shape index (κ2) is 6.88. The summed E-state index contributed by atoms with van der Waals surface area (Å²) < 4.78 is 39.7. The highest BCUT2D eigenvalue weighted by Crippen LogP contribution is 2.38. The van der Waals surface area contributed by atoms with Gasteiger partial charge in [0.2, 0.25) is 0 Å². The van der Waals surface area contributed by atoms with Crippen LogP contribution in [0, 0.1) is 0 Å². The van der Waals surface area contributed by atoms with Gasteiger partial charge >= 0.3 is 6.18 Å². The van der Waals surface area contributed by atoms with E-state index in [1.165, 1.54) is 12.1 Å². The van der Waals surface area contributed by atoms with Crippen LogP contribution in [0.2, 0.25) is 5.02 Å². The smallest absolute Gasteiger partial charge is 0.369 e. The van der Waals surface area contributed by atoms with Gasteiger partial charge in [0.1, 0.15) is 0 Å². The van der Waals surface area contributed by atoms with Gasteiger partial charge in [-0.1, -0.05) is 24.9 Å². The molecular weight excluding hydrogens is 301 g/mol. The van der Waals surface area contributed by atoms with Crippen LogP contribution in [-0.2, 0) is 6.18 Å². The standard InChI is InChI=1S/C15H20ClF3N2/c1-2-4-12-10-21(8-3-7-20-12)14-6-5-11(16)9-13(14)15(17,18)19/h5-6,9,12,20H,2-4,7-8,10H2,1H3. The van der Waals surface area contributed by atoms with Gasteiger partial charge in [0.25, 0.3) is 0 Å². The highest BCUT2D eigenvalue weighted by molar-refractivity contribution is 6.30. The lowest BCUT2D eigenvalue weighted by atomic mass is 10.1. The van der Waals surface area contributed by atoms with Crippen molar-refractivity contribution in [3.05, 3.63) is 28.8 Å². The quantitative estimate of drug-likeness (QED) is 0.892. The molecule has 0 amide bonds. The number of benzene rings is 1. The van der Waals surface area contributed by atoms with Crippen molar-refractivity contribution in [3.63, 3.8) is 0 Å². The van der Waals surface area contributed by atoms with Crippen molar-refractivity contribution in [1.29, 1.82) is 0 Å². The molecule has 1 atom stereocenters. The molecule has 0 radical (unpaired) electrons. The van der Waals surface area contributed by atoms with Gasteiger partial charge in [-0.2, -0.15) is 13.2 Å². The first kappa shape index (κ1) is 16.4. The molecule has 1 fully saturated rings. The molecule has 1 heterocycles. The average Bonchev–Trinajstić information content (AvgIpc) is 2.64. The number of rotatable bonds is 3. The number of halogens is 4. The summed E-state index contributed by atoms with van der Waals surface area (Å²) in [5.41, 5.74) is -0.413. The second-order valence-corrected chi connectivity index (χ2v) is 5.83. The fourth-order valence-electron chi connectivity index (χ4n) is 2.77. The van der Waals surface area contributed by atoms with Crippen LogP contribution in [0.25, 0.3) is 0 Å². The molecule has 0 aromatic heterocycles.